The Hall–Kier alpha value is -2.77. The van der Waals surface area contributed by atoms with Crippen LogP contribution < -0.4 is 4.74 Å². The van der Waals surface area contributed by atoms with Crippen LogP contribution in [0.25, 0.3) is 6.08 Å². The van der Waals surface area contributed by atoms with Crippen LogP contribution in [0.2, 0.25) is 0 Å². The van der Waals surface area contributed by atoms with Crippen molar-refractivity contribution >= 4 is 17.7 Å². The van der Waals surface area contributed by atoms with Crippen molar-refractivity contribution in [1.29, 1.82) is 0 Å². The highest BCUT2D eigenvalue weighted by atomic mass is 16.6. The number of rotatable bonds is 4. The zero-order valence-electron chi connectivity index (χ0n) is 9.15. The number of nitro benzene ring substituents is 1. The molecule has 8 nitrogen and oxygen atoms in total. The molecule has 0 amide bonds. The standard InChI is InChI=1S/C10H9NO7/c1-18-9-6(12)3-2-5(8(9)11(16)17)4-7(13)10(14)15/h2-4,12-13H,1H3,(H,14,15)/b7-4-. The number of nitro groups is 1. The van der Waals surface area contributed by atoms with Gasteiger partial charge in [0, 0.05) is 6.08 Å². The zero-order valence-corrected chi connectivity index (χ0v) is 9.15. The van der Waals surface area contributed by atoms with Crippen LogP contribution in [0, 0.1) is 10.1 Å². The molecular weight excluding hydrogens is 246 g/mol. The maximum absolute atomic E-state index is 10.9. The second-order valence-corrected chi connectivity index (χ2v) is 3.15. The van der Waals surface area contributed by atoms with Crippen LogP contribution in [0.4, 0.5) is 5.69 Å². The normalized spacial score (nSPS) is 11.1. The van der Waals surface area contributed by atoms with Crippen molar-refractivity contribution in [3.8, 4) is 11.5 Å². The maximum atomic E-state index is 10.9. The van der Waals surface area contributed by atoms with Crippen molar-refractivity contribution in [2.24, 2.45) is 0 Å². The fourth-order valence-electron chi connectivity index (χ4n) is 1.29. The number of carboxylic acid groups (broad SMARTS) is 1. The summed E-state index contributed by atoms with van der Waals surface area (Å²) in [6.45, 7) is 0. The summed E-state index contributed by atoms with van der Waals surface area (Å²) in [6, 6.07) is 2.18. The van der Waals surface area contributed by atoms with Crippen molar-refractivity contribution < 1.29 is 29.8 Å². The van der Waals surface area contributed by atoms with Gasteiger partial charge >= 0.3 is 11.7 Å². The molecular formula is C10H9NO7. The van der Waals surface area contributed by atoms with Crippen molar-refractivity contribution in [1.82, 2.24) is 0 Å². The Kier molecular flexibility index (Phi) is 3.72. The van der Waals surface area contributed by atoms with Gasteiger partial charge in [0.2, 0.25) is 11.5 Å². The molecule has 0 saturated heterocycles. The van der Waals surface area contributed by atoms with Crippen LogP contribution in [0.15, 0.2) is 17.9 Å². The molecule has 18 heavy (non-hydrogen) atoms. The Labute approximate surface area is 101 Å². The van der Waals surface area contributed by atoms with Gasteiger partial charge in [0.15, 0.2) is 5.75 Å². The summed E-state index contributed by atoms with van der Waals surface area (Å²) in [6.07, 6.45) is 0.697. The van der Waals surface area contributed by atoms with Gasteiger partial charge in [-0.1, -0.05) is 0 Å². The Balaban J connectivity index is 3.50. The number of aliphatic hydroxyl groups is 1. The van der Waals surface area contributed by atoms with Crippen LogP contribution in [0.1, 0.15) is 5.56 Å². The summed E-state index contributed by atoms with van der Waals surface area (Å²) in [5.74, 6) is -3.56. The molecule has 0 atom stereocenters. The molecule has 3 N–H and O–H groups in total. The summed E-state index contributed by atoms with van der Waals surface area (Å²) >= 11 is 0. The molecule has 96 valence electrons. The lowest BCUT2D eigenvalue weighted by molar-refractivity contribution is -0.386. The van der Waals surface area contributed by atoms with Crippen molar-refractivity contribution in [3.05, 3.63) is 33.6 Å². The SMILES string of the molecule is COc1c(O)ccc(/C=C(\O)C(=O)O)c1[N+](=O)[O-]. The predicted molar refractivity (Wildman–Crippen MR) is 59.6 cm³/mol. The second-order valence-electron chi connectivity index (χ2n) is 3.15. The third kappa shape index (κ3) is 2.48. The third-order valence-electron chi connectivity index (χ3n) is 2.04. The summed E-state index contributed by atoms with van der Waals surface area (Å²) in [5.41, 5.74) is -0.833. The van der Waals surface area contributed by atoms with E-state index in [0.717, 1.165) is 19.2 Å². The van der Waals surface area contributed by atoms with Crippen molar-refractivity contribution in [2.75, 3.05) is 7.11 Å². The highest BCUT2D eigenvalue weighted by Crippen LogP contribution is 2.39. The van der Waals surface area contributed by atoms with Gasteiger partial charge in [-0.05, 0) is 12.1 Å². The number of aliphatic carboxylic acids is 1. The largest absolute Gasteiger partial charge is 0.504 e. The van der Waals surface area contributed by atoms with Gasteiger partial charge in [-0.3, -0.25) is 10.1 Å². The number of aromatic hydroxyl groups is 1. The van der Waals surface area contributed by atoms with Gasteiger partial charge in [0.05, 0.1) is 17.6 Å². The number of nitrogens with zero attached hydrogens (tertiary/aromatic N) is 1. The number of aliphatic hydroxyl groups excluding tert-OH is 1. The number of methoxy groups -OCH3 is 1. The summed E-state index contributed by atoms with van der Waals surface area (Å²) in [4.78, 5) is 20.5. The Morgan fingerprint density at radius 2 is 2.06 bits per heavy atom. The molecule has 1 rings (SSSR count). The van der Waals surface area contributed by atoms with Crippen molar-refractivity contribution in [2.45, 2.75) is 0 Å². The highest BCUT2D eigenvalue weighted by molar-refractivity contribution is 5.90. The molecule has 0 aliphatic heterocycles. The second kappa shape index (κ2) is 5.04. The molecule has 1 aromatic rings. The molecule has 0 aliphatic rings. The first kappa shape index (κ1) is 13.3. The minimum atomic E-state index is -1.63. The topological polar surface area (TPSA) is 130 Å². The first-order valence-corrected chi connectivity index (χ1v) is 4.56. The summed E-state index contributed by atoms with van der Waals surface area (Å²) < 4.78 is 4.67. The minimum absolute atomic E-state index is 0.199. The number of hydrogen-bond donors (Lipinski definition) is 3. The Morgan fingerprint density at radius 1 is 1.44 bits per heavy atom. The van der Waals surface area contributed by atoms with E-state index in [4.69, 9.17) is 10.2 Å². The summed E-state index contributed by atoms with van der Waals surface area (Å²) in [7, 11) is 1.12. The van der Waals surface area contributed by atoms with Gasteiger partial charge in [0.25, 0.3) is 0 Å². The van der Waals surface area contributed by atoms with Crippen LogP contribution in [-0.4, -0.2) is 33.3 Å². The molecule has 8 heteroatoms. The van der Waals surface area contributed by atoms with Crippen molar-refractivity contribution in [3.63, 3.8) is 0 Å². The van der Waals surface area contributed by atoms with E-state index in [9.17, 15) is 20.0 Å². The van der Waals surface area contributed by atoms with Gasteiger partial charge in [0.1, 0.15) is 0 Å². The number of carboxylic acids is 1. The van der Waals surface area contributed by atoms with E-state index in [2.05, 4.69) is 4.74 Å². The Morgan fingerprint density at radius 3 is 2.50 bits per heavy atom. The lowest BCUT2D eigenvalue weighted by Crippen LogP contribution is -2.01. The molecule has 0 saturated carbocycles. The quantitative estimate of drug-likeness (QED) is 0.320. The number of phenolic OH excluding ortho intramolecular Hbond substituents is 1. The lowest BCUT2D eigenvalue weighted by atomic mass is 10.1. The van der Waals surface area contributed by atoms with Gasteiger partial charge in [-0.2, -0.15) is 0 Å². The van der Waals surface area contributed by atoms with Crippen LogP contribution >= 0.6 is 0 Å². The molecule has 0 bridgehead atoms. The van der Waals surface area contributed by atoms with E-state index in [1.807, 2.05) is 0 Å². The fraction of sp³-hybridized carbons (Fsp3) is 0.100. The average Bonchev–Trinajstić information content (AvgIpc) is 2.30. The first-order chi connectivity index (χ1) is 8.38. The molecule has 1 aromatic carbocycles. The van der Waals surface area contributed by atoms with Crippen LogP contribution in [0.5, 0.6) is 11.5 Å². The maximum Gasteiger partial charge on any atom is 0.370 e. The summed E-state index contributed by atoms with van der Waals surface area (Å²) in [5, 5.41) is 37.8. The van der Waals surface area contributed by atoms with E-state index < -0.39 is 33.8 Å². The average molecular weight is 255 g/mol. The lowest BCUT2D eigenvalue weighted by Gasteiger charge is -2.06. The van der Waals surface area contributed by atoms with E-state index >= 15 is 0 Å². The zero-order chi connectivity index (χ0) is 13.9. The minimum Gasteiger partial charge on any atom is -0.504 e. The molecule has 0 spiro atoms. The molecule has 0 fully saturated rings. The number of hydrogen-bond acceptors (Lipinski definition) is 6. The number of benzene rings is 1. The molecule has 0 aromatic heterocycles. The van der Waals surface area contributed by atoms with Gasteiger partial charge < -0.3 is 20.1 Å². The Bertz CT molecular complexity index is 535. The predicted octanol–water partition coefficient (Wildman–Crippen LogP) is 1.29. The first-order valence-electron chi connectivity index (χ1n) is 4.56. The molecule has 0 aliphatic carbocycles. The van der Waals surface area contributed by atoms with E-state index in [1.165, 1.54) is 0 Å². The molecule has 0 unspecified atom stereocenters. The fourth-order valence-corrected chi connectivity index (χ4v) is 1.29. The third-order valence-corrected chi connectivity index (χ3v) is 2.04. The van der Waals surface area contributed by atoms with Gasteiger partial charge in [-0.15, -0.1) is 0 Å². The van der Waals surface area contributed by atoms with Crippen LogP contribution in [-0.2, 0) is 4.79 Å². The monoisotopic (exact) mass is 255 g/mol. The molecule has 0 radical (unpaired) electrons. The highest BCUT2D eigenvalue weighted by Gasteiger charge is 2.24. The van der Waals surface area contributed by atoms with Gasteiger partial charge in [-0.25, -0.2) is 4.79 Å². The van der Waals surface area contributed by atoms with E-state index in [-0.39, 0.29) is 5.56 Å². The number of ether oxygens (including phenoxy) is 1. The smallest absolute Gasteiger partial charge is 0.370 e. The number of carbonyl (C=O) groups is 1. The molecule has 0 heterocycles. The number of phenols is 1. The van der Waals surface area contributed by atoms with E-state index in [1.54, 1.807) is 0 Å². The van der Waals surface area contributed by atoms with Crippen LogP contribution in [0.3, 0.4) is 0 Å². The van der Waals surface area contributed by atoms with E-state index in [0.29, 0.717) is 6.08 Å².